The Balaban J connectivity index is 0.00000658. The first-order valence-corrected chi connectivity index (χ1v) is 28.9. The van der Waals surface area contributed by atoms with Crippen LogP contribution in [-0.4, -0.2) is 14.1 Å². The Morgan fingerprint density at radius 1 is 0.417 bits per heavy atom. The molecule has 13 aromatic rings. The molecule has 0 bridgehead atoms. The number of ether oxygens (including phenoxy) is 1. The molecule has 0 amide bonds. The van der Waals surface area contributed by atoms with Crippen LogP contribution < -0.4 is 9.64 Å². The summed E-state index contributed by atoms with van der Waals surface area (Å²) in [6.07, 6.45) is 1.92. The van der Waals surface area contributed by atoms with Crippen LogP contribution in [0.1, 0.15) is 79.0 Å². The van der Waals surface area contributed by atoms with Crippen molar-refractivity contribution in [2.45, 2.75) is 78.6 Å². The van der Waals surface area contributed by atoms with Crippen molar-refractivity contribution in [3.63, 3.8) is 0 Å². The average molecular weight is 1270 g/mol. The molecular formula is C78H65N4OPt-3. The van der Waals surface area contributed by atoms with Crippen molar-refractivity contribution in [3.8, 4) is 50.7 Å². The molecule has 0 radical (unpaired) electrons. The summed E-state index contributed by atoms with van der Waals surface area (Å²) >= 11 is 0. The summed E-state index contributed by atoms with van der Waals surface area (Å²) in [6, 6.07) is 87.1. The molecule has 14 rings (SSSR count). The van der Waals surface area contributed by atoms with Crippen LogP contribution >= 0.6 is 0 Å². The van der Waals surface area contributed by atoms with Gasteiger partial charge in [-0.2, -0.15) is 12.1 Å². The van der Waals surface area contributed by atoms with E-state index < -0.39 is 0 Å². The van der Waals surface area contributed by atoms with Crippen molar-refractivity contribution in [1.82, 2.24) is 14.1 Å². The third-order valence-electron chi connectivity index (χ3n) is 16.8. The minimum absolute atomic E-state index is 0. The van der Waals surface area contributed by atoms with Crippen LogP contribution in [0.2, 0.25) is 0 Å². The summed E-state index contributed by atoms with van der Waals surface area (Å²) in [5, 5.41) is 9.22. The topological polar surface area (TPSA) is 35.2 Å². The first-order chi connectivity index (χ1) is 40.0. The van der Waals surface area contributed by atoms with Crippen molar-refractivity contribution < 1.29 is 25.8 Å². The number of anilines is 2. The minimum Gasteiger partial charge on any atom is -0.509 e. The van der Waals surface area contributed by atoms with Crippen molar-refractivity contribution in [2.24, 2.45) is 0 Å². The van der Waals surface area contributed by atoms with E-state index in [2.05, 4.69) is 301 Å². The molecule has 0 saturated carbocycles. The Morgan fingerprint density at radius 3 is 1.69 bits per heavy atom. The predicted octanol–water partition coefficient (Wildman–Crippen LogP) is 21.1. The van der Waals surface area contributed by atoms with Crippen LogP contribution in [0.4, 0.5) is 11.4 Å². The normalized spacial score (nSPS) is 12.6. The molecule has 0 fully saturated rings. The number of pyridine rings is 1. The first-order valence-electron chi connectivity index (χ1n) is 28.9. The molecule has 84 heavy (non-hydrogen) atoms. The van der Waals surface area contributed by atoms with E-state index in [0.717, 1.165) is 83.1 Å². The molecule has 0 unspecified atom stereocenters. The third kappa shape index (κ3) is 9.49. The van der Waals surface area contributed by atoms with E-state index >= 15 is 0 Å². The zero-order chi connectivity index (χ0) is 56.9. The molecule has 0 N–H and O–H groups in total. The molecule has 0 aliphatic carbocycles. The maximum atomic E-state index is 6.93. The standard InChI is InChI=1S/C78H65N4O.Pt/c1-76(2,3)54-37-35-50(36-38-54)52-43-53(45-56(44-52)78(7,8)9)61-30-18-31-66-64-27-15-13-25-62(64)63-26-14-16-28-65(63)67-32-20-34-70-75(67)81(74(61)66)49-80(70)57-23-17-24-58(47-57)83-59-39-40-68-71(48-59)82(72-46-55(41-42-79-72)77(4,5)6)69-33-19-29-60(73(68)69)51-21-11-10-12-22-51;/h10-46,49H,1-9H3;/q-3;. The number of hydrogen-bond acceptors (Lipinski definition) is 3. The molecule has 3 aromatic heterocycles. The largest absolute Gasteiger partial charge is 0.509 e. The van der Waals surface area contributed by atoms with E-state index in [9.17, 15) is 0 Å². The van der Waals surface area contributed by atoms with Crippen molar-refractivity contribution in [3.05, 3.63) is 260 Å². The smallest absolute Gasteiger partial charge is 0.135 e. The Hall–Kier alpha value is -8.89. The van der Waals surface area contributed by atoms with Gasteiger partial charge < -0.3 is 18.8 Å². The van der Waals surface area contributed by atoms with Crippen LogP contribution in [-0.2, 0) is 37.3 Å². The van der Waals surface area contributed by atoms with Crippen LogP contribution in [0.3, 0.4) is 0 Å². The second-order valence-electron chi connectivity index (χ2n) is 25.3. The van der Waals surface area contributed by atoms with E-state index in [-0.39, 0.29) is 37.3 Å². The average Bonchev–Trinajstić information content (AvgIpc) is 1.75. The van der Waals surface area contributed by atoms with Crippen LogP contribution in [0.25, 0.3) is 104 Å². The molecule has 4 heterocycles. The summed E-state index contributed by atoms with van der Waals surface area (Å²) in [5.74, 6) is 1.99. The van der Waals surface area contributed by atoms with Gasteiger partial charge in [-0.3, -0.25) is 0 Å². The monoisotopic (exact) mass is 1270 g/mol. The van der Waals surface area contributed by atoms with Crippen LogP contribution in [0.5, 0.6) is 11.5 Å². The number of rotatable bonds is 7. The van der Waals surface area contributed by atoms with Crippen molar-refractivity contribution in [2.75, 3.05) is 4.90 Å². The Kier molecular flexibility index (Phi) is 13.4. The van der Waals surface area contributed by atoms with Crippen molar-refractivity contribution >= 4 is 76.5 Å². The zero-order valence-electron chi connectivity index (χ0n) is 49.0. The molecule has 6 heteroatoms. The van der Waals surface area contributed by atoms with Crippen LogP contribution in [0, 0.1) is 18.8 Å². The molecule has 10 aromatic carbocycles. The van der Waals surface area contributed by atoms with Gasteiger partial charge in [-0.25, -0.2) is 4.98 Å². The summed E-state index contributed by atoms with van der Waals surface area (Å²) in [7, 11) is 0. The minimum atomic E-state index is -0.118. The summed E-state index contributed by atoms with van der Waals surface area (Å²) < 4.78 is 11.6. The number of aromatic nitrogens is 3. The fourth-order valence-corrected chi connectivity index (χ4v) is 12.4. The molecule has 416 valence electrons. The fraction of sp³-hybridized carbons (Fsp3) is 0.154. The number of fused-ring (bicyclic) bond motifs is 10. The van der Waals surface area contributed by atoms with Crippen LogP contribution in [0.15, 0.2) is 225 Å². The second kappa shape index (κ2) is 20.8. The zero-order valence-corrected chi connectivity index (χ0v) is 51.2. The van der Waals surface area contributed by atoms with Gasteiger partial charge in [0.25, 0.3) is 0 Å². The van der Waals surface area contributed by atoms with Gasteiger partial charge in [-0.15, -0.1) is 35.7 Å². The van der Waals surface area contributed by atoms with Gasteiger partial charge in [-0.1, -0.05) is 231 Å². The van der Waals surface area contributed by atoms with Gasteiger partial charge in [0, 0.05) is 50.0 Å². The number of hydrogen-bond donors (Lipinski definition) is 0. The van der Waals surface area contributed by atoms with E-state index in [0.29, 0.717) is 11.5 Å². The third-order valence-corrected chi connectivity index (χ3v) is 16.8. The van der Waals surface area contributed by atoms with Gasteiger partial charge in [0.1, 0.15) is 5.82 Å². The summed E-state index contributed by atoms with van der Waals surface area (Å²) in [5.41, 5.74) is 16.7. The first kappa shape index (κ1) is 54.4. The molecular weight excluding hydrogens is 1200 g/mol. The number of nitrogens with zero attached hydrogens (tertiary/aromatic N) is 4. The predicted molar refractivity (Wildman–Crippen MR) is 349 cm³/mol. The molecule has 0 atom stereocenters. The number of benzene rings is 10. The molecule has 0 saturated heterocycles. The molecule has 1 aliphatic heterocycles. The summed E-state index contributed by atoms with van der Waals surface area (Å²) in [4.78, 5) is 7.29. The Labute approximate surface area is 507 Å². The van der Waals surface area contributed by atoms with Crippen molar-refractivity contribution in [1.29, 1.82) is 0 Å². The van der Waals surface area contributed by atoms with E-state index in [4.69, 9.17) is 9.72 Å². The van der Waals surface area contributed by atoms with E-state index in [1.807, 2.05) is 18.3 Å². The SMILES string of the molecule is CC(C)(C)c1ccc(-c2cc(-c3cccc4c5ccccc5c5ccccc5c5cccc6c5n(c34)[CH-]N6c3[c-]c(Oc4[c-]c5c(cc4)c4c(-c6ccccc6)cccc4n5-c4cc(C(C)(C)C)ccn4)ccc3)cc(C(C)(C)C)c2)cc1.[Pt]. The fourth-order valence-electron chi connectivity index (χ4n) is 12.4. The van der Waals surface area contributed by atoms with Gasteiger partial charge in [0.15, 0.2) is 0 Å². The second-order valence-corrected chi connectivity index (χ2v) is 25.3. The quantitative estimate of drug-likeness (QED) is 0.149. The van der Waals surface area contributed by atoms with Gasteiger partial charge in [0.05, 0.1) is 0 Å². The van der Waals surface area contributed by atoms with E-state index in [1.54, 1.807) is 0 Å². The maximum absolute atomic E-state index is 6.93. The van der Waals surface area contributed by atoms with E-state index in [1.165, 1.54) is 49.4 Å². The Bertz CT molecular complexity index is 4800. The van der Waals surface area contributed by atoms with Gasteiger partial charge in [-0.05, 0) is 152 Å². The van der Waals surface area contributed by atoms with Gasteiger partial charge in [0.2, 0.25) is 0 Å². The molecule has 5 nitrogen and oxygen atoms in total. The number of para-hydroxylation sites is 2. The summed E-state index contributed by atoms with van der Waals surface area (Å²) in [6.45, 7) is 22.8. The Morgan fingerprint density at radius 2 is 1.00 bits per heavy atom. The van der Waals surface area contributed by atoms with Gasteiger partial charge >= 0.3 is 0 Å². The molecule has 0 spiro atoms. The maximum Gasteiger partial charge on any atom is 0.135 e. The molecule has 1 aliphatic rings.